The van der Waals surface area contributed by atoms with Crippen molar-refractivity contribution >= 4 is 12.0 Å². The van der Waals surface area contributed by atoms with E-state index >= 15 is 0 Å². The fourth-order valence-corrected chi connectivity index (χ4v) is 1.49. The maximum atomic E-state index is 11.7. The zero-order valence-corrected chi connectivity index (χ0v) is 11.5. The van der Waals surface area contributed by atoms with Crippen molar-refractivity contribution < 1.29 is 19.4 Å². The van der Waals surface area contributed by atoms with E-state index in [4.69, 9.17) is 14.7 Å². The van der Waals surface area contributed by atoms with Gasteiger partial charge in [0.05, 0.1) is 13.7 Å². The number of benzene rings is 1. The van der Waals surface area contributed by atoms with Gasteiger partial charge in [0.2, 0.25) is 0 Å². The second kappa shape index (κ2) is 7.85. The van der Waals surface area contributed by atoms with E-state index in [0.29, 0.717) is 17.9 Å². The lowest BCUT2D eigenvalue weighted by molar-refractivity contribution is -0.138. The van der Waals surface area contributed by atoms with E-state index in [2.05, 4.69) is 0 Å². The number of carbonyl (C=O) groups is 1. The van der Waals surface area contributed by atoms with E-state index < -0.39 is 5.97 Å². The van der Waals surface area contributed by atoms with Crippen LogP contribution in [0.4, 0.5) is 0 Å². The van der Waals surface area contributed by atoms with Crippen LogP contribution in [-0.4, -0.2) is 24.8 Å². The summed E-state index contributed by atoms with van der Waals surface area (Å²) in [5.41, 5.74) is 0.415. The number of methoxy groups -OCH3 is 1. The Morgan fingerprint density at radius 3 is 2.80 bits per heavy atom. The molecule has 0 bridgehead atoms. The van der Waals surface area contributed by atoms with Gasteiger partial charge in [0, 0.05) is 0 Å². The smallest absolute Gasteiger partial charge is 0.348 e. The average Bonchev–Trinajstić information content (AvgIpc) is 2.45. The quantitative estimate of drug-likeness (QED) is 0.373. The molecule has 0 saturated carbocycles. The molecule has 5 nitrogen and oxygen atoms in total. The number of phenolic OH excluding ortho intramolecular Hbond substituents is 1. The molecule has 0 aliphatic rings. The number of hydrogen-bond acceptors (Lipinski definition) is 5. The topological polar surface area (TPSA) is 79.6 Å². The van der Waals surface area contributed by atoms with Crippen LogP contribution in [-0.2, 0) is 9.53 Å². The molecule has 1 N–H and O–H groups in total. The largest absolute Gasteiger partial charge is 0.504 e. The van der Waals surface area contributed by atoms with Gasteiger partial charge >= 0.3 is 5.97 Å². The van der Waals surface area contributed by atoms with Gasteiger partial charge in [0.1, 0.15) is 11.6 Å². The van der Waals surface area contributed by atoms with Crippen molar-refractivity contribution in [1.82, 2.24) is 0 Å². The normalized spacial score (nSPS) is 10.8. The van der Waals surface area contributed by atoms with Gasteiger partial charge in [-0.05, 0) is 30.2 Å². The Hall–Kier alpha value is -2.48. The molecule has 0 aliphatic carbocycles. The van der Waals surface area contributed by atoms with Crippen molar-refractivity contribution in [2.75, 3.05) is 13.7 Å². The molecule has 0 aliphatic heterocycles. The van der Waals surface area contributed by atoms with Gasteiger partial charge in [-0.25, -0.2) is 4.79 Å². The molecule has 0 fully saturated rings. The molecular weight excluding hydrogens is 258 g/mol. The Balaban J connectivity index is 2.86. The van der Waals surface area contributed by atoms with Crippen LogP contribution in [0.2, 0.25) is 0 Å². The molecule has 5 heteroatoms. The Bertz CT molecular complexity index is 543. The van der Waals surface area contributed by atoms with Crippen LogP contribution in [0.15, 0.2) is 23.8 Å². The first-order valence-electron chi connectivity index (χ1n) is 6.28. The van der Waals surface area contributed by atoms with E-state index in [0.717, 1.165) is 12.8 Å². The number of rotatable bonds is 6. The Labute approximate surface area is 118 Å². The number of phenols is 1. The standard InChI is InChI=1S/C15H17NO4/c1-3-4-7-20-15(18)12(10-16)8-11-5-6-14(19-2)13(17)9-11/h5-6,8-9,17H,3-4,7H2,1-2H3/b12-8+. The highest BCUT2D eigenvalue weighted by Gasteiger charge is 2.11. The first kappa shape index (κ1) is 15.6. The van der Waals surface area contributed by atoms with E-state index in [-0.39, 0.29) is 11.3 Å². The summed E-state index contributed by atoms with van der Waals surface area (Å²) in [5.74, 6) is -0.389. The third-order valence-electron chi connectivity index (χ3n) is 2.59. The first-order valence-corrected chi connectivity index (χ1v) is 6.28. The minimum atomic E-state index is -0.656. The van der Waals surface area contributed by atoms with Crippen LogP contribution in [0, 0.1) is 11.3 Å². The van der Waals surface area contributed by atoms with Crippen LogP contribution in [0.3, 0.4) is 0 Å². The molecule has 1 rings (SSSR count). The number of ether oxygens (including phenoxy) is 2. The highest BCUT2D eigenvalue weighted by molar-refractivity contribution is 5.97. The number of aromatic hydroxyl groups is 1. The van der Waals surface area contributed by atoms with E-state index in [1.165, 1.54) is 19.3 Å². The number of hydrogen-bond donors (Lipinski definition) is 1. The van der Waals surface area contributed by atoms with Crippen LogP contribution < -0.4 is 4.74 Å². The van der Waals surface area contributed by atoms with Crippen molar-refractivity contribution in [3.05, 3.63) is 29.3 Å². The summed E-state index contributed by atoms with van der Waals surface area (Å²) in [6.07, 6.45) is 3.03. The lowest BCUT2D eigenvalue weighted by Crippen LogP contribution is -2.07. The number of nitrogens with zero attached hydrogens (tertiary/aromatic N) is 1. The molecule has 106 valence electrons. The SMILES string of the molecule is CCCCOC(=O)/C(C#N)=C/c1ccc(OC)c(O)c1. The molecule has 1 aromatic carbocycles. The maximum absolute atomic E-state index is 11.7. The molecule has 0 unspecified atom stereocenters. The molecule has 0 spiro atoms. The van der Waals surface area contributed by atoms with Crippen molar-refractivity contribution in [3.63, 3.8) is 0 Å². The zero-order valence-electron chi connectivity index (χ0n) is 11.5. The van der Waals surface area contributed by atoms with Crippen molar-refractivity contribution in [1.29, 1.82) is 5.26 Å². The molecular formula is C15H17NO4. The molecule has 0 atom stereocenters. The van der Waals surface area contributed by atoms with E-state index in [1.54, 1.807) is 18.2 Å². The fraction of sp³-hybridized carbons (Fsp3) is 0.333. The van der Waals surface area contributed by atoms with Gasteiger partial charge in [0.15, 0.2) is 11.5 Å². The van der Waals surface area contributed by atoms with Gasteiger partial charge in [-0.3, -0.25) is 0 Å². The van der Waals surface area contributed by atoms with Crippen LogP contribution in [0.1, 0.15) is 25.3 Å². The maximum Gasteiger partial charge on any atom is 0.348 e. The second-order valence-corrected chi connectivity index (χ2v) is 4.09. The number of esters is 1. The summed E-state index contributed by atoms with van der Waals surface area (Å²) in [6, 6.07) is 6.40. The van der Waals surface area contributed by atoms with Crippen molar-refractivity contribution in [3.8, 4) is 17.6 Å². The Morgan fingerprint density at radius 2 is 2.25 bits per heavy atom. The van der Waals surface area contributed by atoms with Gasteiger partial charge in [-0.1, -0.05) is 19.4 Å². The molecule has 20 heavy (non-hydrogen) atoms. The van der Waals surface area contributed by atoms with E-state index in [9.17, 15) is 9.90 Å². The summed E-state index contributed by atoms with van der Waals surface area (Å²) in [6.45, 7) is 2.28. The molecule has 0 saturated heterocycles. The van der Waals surface area contributed by atoms with Crippen LogP contribution >= 0.6 is 0 Å². The summed E-state index contributed by atoms with van der Waals surface area (Å²) in [4.78, 5) is 11.7. The zero-order chi connectivity index (χ0) is 15.0. The van der Waals surface area contributed by atoms with Crippen LogP contribution in [0.25, 0.3) is 6.08 Å². The van der Waals surface area contributed by atoms with Gasteiger partial charge in [-0.15, -0.1) is 0 Å². The van der Waals surface area contributed by atoms with Gasteiger partial charge in [0.25, 0.3) is 0 Å². The van der Waals surface area contributed by atoms with Gasteiger partial charge in [-0.2, -0.15) is 5.26 Å². The molecule has 0 amide bonds. The molecule has 0 radical (unpaired) electrons. The number of nitriles is 1. The average molecular weight is 275 g/mol. The minimum Gasteiger partial charge on any atom is -0.504 e. The van der Waals surface area contributed by atoms with Crippen LogP contribution in [0.5, 0.6) is 11.5 Å². The van der Waals surface area contributed by atoms with Crippen molar-refractivity contribution in [2.45, 2.75) is 19.8 Å². The van der Waals surface area contributed by atoms with E-state index in [1.807, 2.05) is 6.92 Å². The number of carbonyl (C=O) groups excluding carboxylic acids is 1. The summed E-state index contributed by atoms with van der Waals surface area (Å²) in [5, 5.41) is 18.6. The number of unbranched alkanes of at least 4 members (excludes halogenated alkanes) is 1. The lowest BCUT2D eigenvalue weighted by Gasteiger charge is -2.05. The molecule has 1 aromatic rings. The fourth-order valence-electron chi connectivity index (χ4n) is 1.49. The lowest BCUT2D eigenvalue weighted by atomic mass is 10.1. The first-order chi connectivity index (χ1) is 9.62. The third-order valence-corrected chi connectivity index (χ3v) is 2.59. The highest BCUT2D eigenvalue weighted by atomic mass is 16.5. The monoisotopic (exact) mass is 275 g/mol. The predicted molar refractivity (Wildman–Crippen MR) is 74.1 cm³/mol. The molecule has 0 aromatic heterocycles. The summed E-state index contributed by atoms with van der Waals surface area (Å²) in [7, 11) is 1.44. The summed E-state index contributed by atoms with van der Waals surface area (Å²) < 4.78 is 9.88. The second-order valence-electron chi connectivity index (χ2n) is 4.09. The Kier molecular flexibility index (Phi) is 6.11. The minimum absolute atomic E-state index is 0.0575. The molecule has 0 heterocycles. The third kappa shape index (κ3) is 4.32. The summed E-state index contributed by atoms with van der Waals surface area (Å²) >= 11 is 0. The highest BCUT2D eigenvalue weighted by Crippen LogP contribution is 2.27. The van der Waals surface area contributed by atoms with Crippen molar-refractivity contribution in [2.24, 2.45) is 0 Å². The predicted octanol–water partition coefficient (Wildman–Crippen LogP) is 2.65. The van der Waals surface area contributed by atoms with Gasteiger partial charge < -0.3 is 14.6 Å². The Morgan fingerprint density at radius 1 is 1.50 bits per heavy atom.